The minimum absolute atomic E-state index is 0.0240. The number of nitrogens with zero attached hydrogens (tertiary/aromatic N) is 5. The van der Waals surface area contributed by atoms with Gasteiger partial charge in [0.05, 0.1) is 23.0 Å². The van der Waals surface area contributed by atoms with Crippen LogP contribution in [0.25, 0.3) is 22.2 Å². The number of para-hydroxylation sites is 1. The van der Waals surface area contributed by atoms with E-state index in [0.717, 1.165) is 33.4 Å². The molecule has 4 aromatic rings. The number of amides is 1. The van der Waals surface area contributed by atoms with Gasteiger partial charge in [-0.1, -0.05) is 24.3 Å². The standard InChI is InChI=1S/C23H23N5O/c1-16-7-6-9-19-20(13-21(26-22(16)19)17-14-25-28(3)15-17)23(29)27(2)12-10-18-8-4-5-11-24-18/h4-9,11,13-15H,10,12H2,1-3H3. The van der Waals surface area contributed by atoms with Gasteiger partial charge in [0.2, 0.25) is 0 Å². The Balaban J connectivity index is 1.71. The van der Waals surface area contributed by atoms with Crippen LogP contribution < -0.4 is 0 Å². The van der Waals surface area contributed by atoms with Crippen LogP contribution in [0.15, 0.2) is 61.1 Å². The first-order valence-electron chi connectivity index (χ1n) is 9.57. The molecule has 6 heteroatoms. The molecule has 1 aromatic carbocycles. The Morgan fingerprint density at radius 1 is 1.17 bits per heavy atom. The molecule has 1 amide bonds. The number of hydrogen-bond acceptors (Lipinski definition) is 4. The molecule has 0 atom stereocenters. The van der Waals surface area contributed by atoms with E-state index in [9.17, 15) is 4.79 Å². The predicted molar refractivity (Wildman–Crippen MR) is 114 cm³/mol. The largest absolute Gasteiger partial charge is 0.341 e. The summed E-state index contributed by atoms with van der Waals surface area (Å²) in [5.74, 6) is -0.0240. The molecule has 0 unspecified atom stereocenters. The summed E-state index contributed by atoms with van der Waals surface area (Å²) in [6.45, 7) is 2.61. The summed E-state index contributed by atoms with van der Waals surface area (Å²) in [7, 11) is 3.70. The molecule has 0 saturated carbocycles. The van der Waals surface area contributed by atoms with E-state index in [1.807, 2.05) is 69.7 Å². The zero-order valence-corrected chi connectivity index (χ0v) is 16.8. The molecule has 0 N–H and O–H groups in total. The number of aryl methyl sites for hydroxylation is 2. The van der Waals surface area contributed by atoms with Crippen LogP contribution in [0, 0.1) is 6.92 Å². The van der Waals surface area contributed by atoms with Gasteiger partial charge < -0.3 is 4.90 Å². The summed E-state index contributed by atoms with van der Waals surface area (Å²) in [4.78, 5) is 24.2. The Hall–Kier alpha value is -3.54. The van der Waals surface area contributed by atoms with Crippen molar-refractivity contribution < 1.29 is 4.79 Å². The zero-order chi connectivity index (χ0) is 20.4. The van der Waals surface area contributed by atoms with Crippen molar-refractivity contribution in [3.8, 4) is 11.3 Å². The van der Waals surface area contributed by atoms with Crippen LogP contribution in [0.1, 0.15) is 21.6 Å². The van der Waals surface area contributed by atoms with Crippen molar-refractivity contribution in [3.05, 3.63) is 77.9 Å². The molecule has 0 aliphatic carbocycles. The van der Waals surface area contributed by atoms with Crippen LogP contribution in [0.2, 0.25) is 0 Å². The average molecular weight is 385 g/mol. The molecule has 0 aliphatic rings. The summed E-state index contributed by atoms with van der Waals surface area (Å²) in [5, 5.41) is 5.11. The molecule has 0 aliphatic heterocycles. The molecule has 4 rings (SSSR count). The van der Waals surface area contributed by atoms with E-state index >= 15 is 0 Å². The highest BCUT2D eigenvalue weighted by atomic mass is 16.2. The quantitative estimate of drug-likeness (QED) is 0.526. The highest BCUT2D eigenvalue weighted by Crippen LogP contribution is 2.27. The molecule has 0 spiro atoms. The summed E-state index contributed by atoms with van der Waals surface area (Å²) in [5.41, 5.74) is 5.15. The minimum atomic E-state index is -0.0240. The molecule has 29 heavy (non-hydrogen) atoms. The van der Waals surface area contributed by atoms with Gasteiger partial charge in [-0.25, -0.2) is 4.98 Å². The van der Waals surface area contributed by atoms with Gasteiger partial charge in [-0.2, -0.15) is 5.10 Å². The van der Waals surface area contributed by atoms with Crippen molar-refractivity contribution in [3.63, 3.8) is 0 Å². The van der Waals surface area contributed by atoms with Crippen LogP contribution >= 0.6 is 0 Å². The second-order valence-corrected chi connectivity index (χ2v) is 7.23. The van der Waals surface area contributed by atoms with Crippen molar-refractivity contribution >= 4 is 16.8 Å². The van der Waals surface area contributed by atoms with Crippen molar-refractivity contribution in [2.45, 2.75) is 13.3 Å². The van der Waals surface area contributed by atoms with Gasteiger partial charge in [-0.3, -0.25) is 14.5 Å². The minimum Gasteiger partial charge on any atom is -0.341 e. The topological polar surface area (TPSA) is 63.9 Å². The molecular weight excluding hydrogens is 362 g/mol. The Labute approximate surface area is 169 Å². The fraction of sp³-hybridized carbons (Fsp3) is 0.217. The smallest absolute Gasteiger partial charge is 0.254 e. The number of carbonyl (C=O) groups excluding carboxylic acids is 1. The fourth-order valence-electron chi connectivity index (χ4n) is 3.41. The fourth-order valence-corrected chi connectivity index (χ4v) is 3.41. The van der Waals surface area contributed by atoms with E-state index < -0.39 is 0 Å². The Kier molecular flexibility index (Phi) is 5.08. The van der Waals surface area contributed by atoms with Crippen molar-refractivity contribution in [2.24, 2.45) is 7.05 Å². The summed E-state index contributed by atoms with van der Waals surface area (Å²) >= 11 is 0. The van der Waals surface area contributed by atoms with Crippen LogP contribution in [0.5, 0.6) is 0 Å². The first-order valence-corrected chi connectivity index (χ1v) is 9.57. The summed E-state index contributed by atoms with van der Waals surface area (Å²) in [6, 6.07) is 13.6. The third-order valence-electron chi connectivity index (χ3n) is 5.05. The van der Waals surface area contributed by atoms with E-state index in [4.69, 9.17) is 4.98 Å². The number of fused-ring (bicyclic) bond motifs is 1. The van der Waals surface area contributed by atoms with Gasteiger partial charge in [-0.15, -0.1) is 0 Å². The lowest BCUT2D eigenvalue weighted by molar-refractivity contribution is 0.0798. The number of rotatable bonds is 5. The number of benzene rings is 1. The molecule has 6 nitrogen and oxygen atoms in total. The van der Waals surface area contributed by atoms with E-state index in [0.29, 0.717) is 18.5 Å². The maximum atomic E-state index is 13.3. The monoisotopic (exact) mass is 385 g/mol. The molecule has 0 bridgehead atoms. The highest BCUT2D eigenvalue weighted by molar-refractivity contribution is 6.07. The number of carbonyl (C=O) groups is 1. The maximum absolute atomic E-state index is 13.3. The highest BCUT2D eigenvalue weighted by Gasteiger charge is 2.19. The second-order valence-electron chi connectivity index (χ2n) is 7.23. The van der Waals surface area contributed by atoms with Crippen molar-refractivity contribution in [1.29, 1.82) is 0 Å². The number of hydrogen-bond donors (Lipinski definition) is 0. The number of aromatic nitrogens is 4. The lowest BCUT2D eigenvalue weighted by atomic mass is 10.0. The first kappa shape index (κ1) is 18.8. The second kappa shape index (κ2) is 7.83. The lowest BCUT2D eigenvalue weighted by Crippen LogP contribution is -2.29. The maximum Gasteiger partial charge on any atom is 0.254 e. The van der Waals surface area contributed by atoms with Crippen molar-refractivity contribution in [2.75, 3.05) is 13.6 Å². The number of pyridine rings is 2. The third-order valence-corrected chi connectivity index (χ3v) is 5.05. The Morgan fingerprint density at radius 2 is 2.03 bits per heavy atom. The van der Waals surface area contributed by atoms with Gasteiger partial charge in [0.15, 0.2) is 0 Å². The Bertz CT molecular complexity index is 1170. The van der Waals surface area contributed by atoms with Crippen LogP contribution in [0.4, 0.5) is 0 Å². The average Bonchev–Trinajstić information content (AvgIpc) is 3.18. The van der Waals surface area contributed by atoms with Crippen LogP contribution in [-0.4, -0.2) is 44.1 Å². The van der Waals surface area contributed by atoms with E-state index in [-0.39, 0.29) is 5.91 Å². The first-order chi connectivity index (χ1) is 14.0. The molecule has 0 saturated heterocycles. The number of likely N-dealkylation sites (N-methyl/N-ethyl adjacent to an activating group) is 1. The lowest BCUT2D eigenvalue weighted by Gasteiger charge is -2.19. The van der Waals surface area contributed by atoms with Gasteiger partial charge in [0, 0.05) is 56.1 Å². The van der Waals surface area contributed by atoms with Crippen molar-refractivity contribution in [1.82, 2.24) is 24.6 Å². The normalized spacial score (nSPS) is 11.0. The van der Waals surface area contributed by atoms with Gasteiger partial charge in [-0.05, 0) is 30.7 Å². The van der Waals surface area contributed by atoms with Crippen LogP contribution in [0.3, 0.4) is 0 Å². The molecule has 0 fully saturated rings. The molecular formula is C23H23N5O. The molecule has 3 aromatic heterocycles. The molecule has 146 valence electrons. The van der Waals surface area contributed by atoms with E-state index in [1.165, 1.54) is 0 Å². The SMILES string of the molecule is Cc1cccc2c(C(=O)N(C)CCc3ccccn3)cc(-c3cnn(C)c3)nc12. The third kappa shape index (κ3) is 3.87. The molecule has 0 radical (unpaired) electrons. The van der Waals surface area contributed by atoms with Gasteiger partial charge in [0.1, 0.15) is 0 Å². The van der Waals surface area contributed by atoms with Crippen LogP contribution in [-0.2, 0) is 13.5 Å². The zero-order valence-electron chi connectivity index (χ0n) is 16.8. The van der Waals surface area contributed by atoms with E-state index in [2.05, 4.69) is 10.1 Å². The summed E-state index contributed by atoms with van der Waals surface area (Å²) in [6.07, 6.45) is 6.16. The summed E-state index contributed by atoms with van der Waals surface area (Å²) < 4.78 is 1.74. The van der Waals surface area contributed by atoms with Gasteiger partial charge in [0.25, 0.3) is 5.91 Å². The predicted octanol–water partition coefficient (Wildman–Crippen LogP) is 3.65. The van der Waals surface area contributed by atoms with E-state index in [1.54, 1.807) is 22.0 Å². The Morgan fingerprint density at radius 3 is 2.76 bits per heavy atom. The van der Waals surface area contributed by atoms with Gasteiger partial charge >= 0.3 is 0 Å². The molecule has 3 heterocycles.